The Morgan fingerprint density at radius 2 is 2.12 bits per heavy atom. The number of rotatable bonds is 7. The number of hydrogen-bond acceptors (Lipinski definition) is 4. The molecule has 0 amide bonds. The van der Waals surface area contributed by atoms with Crippen molar-refractivity contribution in [3.05, 3.63) is 0 Å². The van der Waals surface area contributed by atoms with E-state index in [4.69, 9.17) is 9.84 Å². The molecule has 0 radical (unpaired) electrons. The van der Waals surface area contributed by atoms with Gasteiger partial charge in [0.05, 0.1) is 19.8 Å². The van der Waals surface area contributed by atoms with Crippen LogP contribution < -0.4 is 0 Å². The summed E-state index contributed by atoms with van der Waals surface area (Å²) in [5, 5.41) is 8.89. The van der Waals surface area contributed by atoms with Gasteiger partial charge in [-0.15, -0.1) is 0 Å². The first-order valence-electron chi connectivity index (χ1n) is 6.39. The van der Waals surface area contributed by atoms with Crippen LogP contribution in [0.5, 0.6) is 0 Å². The molecule has 0 aromatic rings. The monoisotopic (exact) mass is 244 g/mol. The molecule has 5 heteroatoms. The predicted molar refractivity (Wildman–Crippen MR) is 66.2 cm³/mol. The number of carboxylic acids is 1. The quantitative estimate of drug-likeness (QED) is 0.707. The Hall–Kier alpha value is -0.650. The molecular weight excluding hydrogens is 220 g/mol. The number of nitrogens with zero attached hydrogens (tertiary/aromatic N) is 2. The minimum atomic E-state index is -0.743. The van der Waals surface area contributed by atoms with Crippen molar-refractivity contribution < 1.29 is 14.6 Å². The first-order chi connectivity index (χ1) is 8.13. The molecule has 1 aliphatic rings. The molecule has 1 N–H and O–H groups in total. The van der Waals surface area contributed by atoms with E-state index in [1.54, 1.807) is 0 Å². The molecule has 0 aliphatic carbocycles. The van der Waals surface area contributed by atoms with Crippen molar-refractivity contribution in [2.45, 2.75) is 26.3 Å². The minimum Gasteiger partial charge on any atom is -0.480 e. The van der Waals surface area contributed by atoms with Crippen LogP contribution in [0.2, 0.25) is 0 Å². The van der Waals surface area contributed by atoms with Gasteiger partial charge in [0.2, 0.25) is 0 Å². The molecule has 0 aromatic carbocycles. The lowest BCUT2D eigenvalue weighted by Gasteiger charge is -2.31. The average molecular weight is 244 g/mol. The predicted octanol–water partition coefficient (Wildman–Crippen LogP) is 0.504. The van der Waals surface area contributed by atoms with Crippen LogP contribution in [-0.4, -0.2) is 72.9 Å². The molecule has 100 valence electrons. The van der Waals surface area contributed by atoms with Crippen molar-refractivity contribution in [3.8, 4) is 0 Å². The van der Waals surface area contributed by atoms with Crippen molar-refractivity contribution in [1.82, 2.24) is 9.80 Å². The Kier molecular flexibility index (Phi) is 6.47. The molecule has 5 nitrogen and oxygen atoms in total. The van der Waals surface area contributed by atoms with Gasteiger partial charge < -0.3 is 9.84 Å². The van der Waals surface area contributed by atoms with Gasteiger partial charge in [-0.2, -0.15) is 0 Å². The lowest BCUT2D eigenvalue weighted by molar-refractivity contribution is -0.139. The number of aliphatic carboxylic acids is 1. The van der Waals surface area contributed by atoms with Crippen LogP contribution in [0, 0.1) is 0 Å². The van der Waals surface area contributed by atoms with E-state index in [0.29, 0.717) is 6.04 Å². The van der Waals surface area contributed by atoms with E-state index in [9.17, 15) is 4.79 Å². The zero-order valence-electron chi connectivity index (χ0n) is 10.9. The minimum absolute atomic E-state index is 0.138. The van der Waals surface area contributed by atoms with Crippen molar-refractivity contribution in [3.63, 3.8) is 0 Å². The van der Waals surface area contributed by atoms with Gasteiger partial charge in [-0.25, -0.2) is 0 Å². The maximum Gasteiger partial charge on any atom is 0.317 e. The topological polar surface area (TPSA) is 53.0 Å². The number of carbonyl (C=O) groups is 1. The van der Waals surface area contributed by atoms with Crippen LogP contribution in [0.25, 0.3) is 0 Å². The van der Waals surface area contributed by atoms with Crippen LogP contribution in [0.4, 0.5) is 0 Å². The summed E-state index contributed by atoms with van der Waals surface area (Å²) in [5.41, 5.74) is 0. The van der Waals surface area contributed by atoms with Crippen molar-refractivity contribution in [2.75, 3.05) is 45.9 Å². The second kappa shape index (κ2) is 7.63. The van der Waals surface area contributed by atoms with Crippen molar-refractivity contribution >= 4 is 5.97 Å². The summed E-state index contributed by atoms with van der Waals surface area (Å²) < 4.78 is 5.29. The molecular formula is C12H24N2O3. The SMILES string of the molecule is CCC(C)N(CCN1CCOCC1)CC(=O)O. The summed E-state index contributed by atoms with van der Waals surface area (Å²) in [5.74, 6) is -0.743. The summed E-state index contributed by atoms with van der Waals surface area (Å²) in [6, 6.07) is 0.326. The molecule has 1 unspecified atom stereocenters. The van der Waals surface area contributed by atoms with E-state index in [2.05, 4.69) is 18.7 Å². The third-order valence-electron chi connectivity index (χ3n) is 3.36. The molecule has 17 heavy (non-hydrogen) atoms. The van der Waals surface area contributed by atoms with Crippen LogP contribution in [0.1, 0.15) is 20.3 Å². The van der Waals surface area contributed by atoms with Crippen molar-refractivity contribution in [1.29, 1.82) is 0 Å². The summed E-state index contributed by atoms with van der Waals surface area (Å²) >= 11 is 0. The molecule has 1 heterocycles. The fourth-order valence-corrected chi connectivity index (χ4v) is 1.98. The molecule has 0 bridgehead atoms. The summed E-state index contributed by atoms with van der Waals surface area (Å²) in [6.07, 6.45) is 0.983. The van der Waals surface area contributed by atoms with Gasteiger partial charge in [-0.3, -0.25) is 14.6 Å². The largest absolute Gasteiger partial charge is 0.480 e. The number of ether oxygens (including phenoxy) is 1. The summed E-state index contributed by atoms with van der Waals surface area (Å²) in [4.78, 5) is 15.2. The third-order valence-corrected chi connectivity index (χ3v) is 3.36. The Balaban J connectivity index is 2.33. The third kappa shape index (κ3) is 5.48. The van der Waals surface area contributed by atoms with E-state index in [1.165, 1.54) is 0 Å². The van der Waals surface area contributed by atoms with E-state index in [0.717, 1.165) is 45.8 Å². The summed E-state index contributed by atoms with van der Waals surface area (Å²) in [6.45, 7) is 9.57. The van der Waals surface area contributed by atoms with Crippen LogP contribution in [0.3, 0.4) is 0 Å². The summed E-state index contributed by atoms with van der Waals surface area (Å²) in [7, 11) is 0. The molecule has 0 saturated carbocycles. The molecule has 1 atom stereocenters. The lowest BCUT2D eigenvalue weighted by atomic mass is 10.2. The lowest BCUT2D eigenvalue weighted by Crippen LogP contribution is -2.45. The van der Waals surface area contributed by atoms with E-state index in [-0.39, 0.29) is 6.54 Å². The zero-order chi connectivity index (χ0) is 12.7. The number of carboxylic acid groups (broad SMARTS) is 1. The highest BCUT2D eigenvalue weighted by Gasteiger charge is 2.17. The Morgan fingerprint density at radius 1 is 1.47 bits per heavy atom. The molecule has 0 spiro atoms. The maximum absolute atomic E-state index is 10.8. The van der Waals surface area contributed by atoms with E-state index >= 15 is 0 Å². The van der Waals surface area contributed by atoms with Gasteiger partial charge in [-0.1, -0.05) is 6.92 Å². The second-order valence-electron chi connectivity index (χ2n) is 4.58. The smallest absolute Gasteiger partial charge is 0.317 e. The highest BCUT2D eigenvalue weighted by molar-refractivity contribution is 5.69. The van der Waals surface area contributed by atoms with Gasteiger partial charge in [-0.05, 0) is 13.3 Å². The van der Waals surface area contributed by atoms with Gasteiger partial charge in [0.15, 0.2) is 0 Å². The Labute approximate surface area is 103 Å². The van der Waals surface area contributed by atoms with Gasteiger partial charge in [0, 0.05) is 32.2 Å². The Bertz CT molecular complexity index is 230. The maximum atomic E-state index is 10.8. The normalized spacial score (nSPS) is 19.5. The van der Waals surface area contributed by atoms with Crippen LogP contribution >= 0.6 is 0 Å². The Morgan fingerprint density at radius 3 is 2.65 bits per heavy atom. The van der Waals surface area contributed by atoms with E-state index in [1.807, 2.05) is 4.90 Å². The van der Waals surface area contributed by atoms with Gasteiger partial charge in [0.25, 0.3) is 0 Å². The molecule has 1 saturated heterocycles. The van der Waals surface area contributed by atoms with Crippen LogP contribution in [0.15, 0.2) is 0 Å². The number of hydrogen-bond donors (Lipinski definition) is 1. The highest BCUT2D eigenvalue weighted by atomic mass is 16.5. The highest BCUT2D eigenvalue weighted by Crippen LogP contribution is 2.04. The van der Waals surface area contributed by atoms with Crippen LogP contribution in [-0.2, 0) is 9.53 Å². The first-order valence-corrected chi connectivity index (χ1v) is 6.39. The van der Waals surface area contributed by atoms with Gasteiger partial charge >= 0.3 is 5.97 Å². The van der Waals surface area contributed by atoms with E-state index < -0.39 is 5.97 Å². The van der Waals surface area contributed by atoms with Crippen molar-refractivity contribution in [2.24, 2.45) is 0 Å². The number of morpholine rings is 1. The first kappa shape index (κ1) is 14.4. The standard InChI is InChI=1S/C12H24N2O3/c1-3-11(2)14(10-12(15)16)5-4-13-6-8-17-9-7-13/h11H,3-10H2,1-2H3,(H,15,16). The molecule has 0 aromatic heterocycles. The zero-order valence-corrected chi connectivity index (χ0v) is 10.9. The molecule has 1 rings (SSSR count). The molecule has 1 fully saturated rings. The second-order valence-corrected chi connectivity index (χ2v) is 4.58. The van der Waals surface area contributed by atoms with Gasteiger partial charge in [0.1, 0.15) is 0 Å². The average Bonchev–Trinajstić information content (AvgIpc) is 2.34. The fourth-order valence-electron chi connectivity index (χ4n) is 1.98. The molecule has 1 aliphatic heterocycles. The fraction of sp³-hybridized carbons (Fsp3) is 0.917.